The van der Waals surface area contributed by atoms with Gasteiger partial charge in [0, 0.05) is 5.92 Å². The first-order chi connectivity index (χ1) is 11.0. The van der Waals surface area contributed by atoms with Crippen LogP contribution < -0.4 is 0 Å². The predicted molar refractivity (Wildman–Crippen MR) is 102 cm³/mol. The molecule has 1 aliphatic rings. The van der Waals surface area contributed by atoms with E-state index in [9.17, 15) is 0 Å². The molecule has 0 heterocycles. The van der Waals surface area contributed by atoms with E-state index in [2.05, 4.69) is 74.5 Å². The Morgan fingerprint density at radius 1 is 1.30 bits per heavy atom. The van der Waals surface area contributed by atoms with E-state index in [0.717, 1.165) is 12.8 Å². The Hall–Kier alpha value is -0.380. The second kappa shape index (κ2) is 9.19. The van der Waals surface area contributed by atoms with Gasteiger partial charge in [-0.05, 0) is 31.4 Å². The molecule has 0 spiro atoms. The summed E-state index contributed by atoms with van der Waals surface area (Å²) in [5.74, 6) is 0.424. The molecule has 0 amide bonds. The monoisotopic (exact) mass is 442 g/mol. The van der Waals surface area contributed by atoms with E-state index in [1.807, 2.05) is 6.92 Å². The van der Waals surface area contributed by atoms with Crippen LogP contribution in [0.1, 0.15) is 44.1 Å². The maximum absolute atomic E-state index is 6.39. The predicted octanol–water partition coefficient (Wildman–Crippen LogP) is 5.92. The van der Waals surface area contributed by atoms with Crippen LogP contribution in [-0.4, -0.2) is 22.2 Å². The minimum absolute atomic E-state index is 0.165. The quantitative estimate of drug-likeness (QED) is 0.296. The van der Waals surface area contributed by atoms with Crippen molar-refractivity contribution in [2.24, 2.45) is 0 Å². The van der Waals surface area contributed by atoms with Crippen molar-refractivity contribution in [2.75, 3.05) is 6.61 Å². The summed E-state index contributed by atoms with van der Waals surface area (Å²) >= 11 is 7.23. The second-order valence-corrected chi connectivity index (χ2v) is 10.4. The normalized spacial score (nSPS) is 23.1. The fourth-order valence-corrected chi connectivity index (χ4v) is 3.48. The largest absolute Gasteiger partial charge is 0.346 e. The standard InChI is InChI=1S/C19H24Br2O2/c1-3-4-14-22-18(19(2,20)21)23-17-13-9-8-12-16(17)15-10-6-5-7-11-15/h4-7,10-11,16-18H,1,8-9,12-14H2,2H3/t16-,17+,18-/m0/s1. The summed E-state index contributed by atoms with van der Waals surface area (Å²) < 4.78 is 11.8. The zero-order valence-electron chi connectivity index (χ0n) is 13.5. The topological polar surface area (TPSA) is 18.5 Å². The molecule has 0 unspecified atom stereocenters. The molecule has 0 aromatic heterocycles. The molecular formula is C19H24Br2O2. The summed E-state index contributed by atoms with van der Waals surface area (Å²) in [5, 5.41) is 0. The van der Waals surface area contributed by atoms with Crippen molar-refractivity contribution in [2.45, 2.75) is 54.2 Å². The third-order valence-corrected chi connectivity index (χ3v) is 4.87. The first-order valence-corrected chi connectivity index (χ1v) is 9.65. The minimum atomic E-state index is -0.437. The average Bonchev–Trinajstić information content (AvgIpc) is 2.54. The number of ether oxygens (including phenoxy) is 2. The Morgan fingerprint density at radius 2 is 2.00 bits per heavy atom. The highest BCUT2D eigenvalue weighted by Gasteiger charge is 2.36. The highest BCUT2D eigenvalue weighted by molar-refractivity contribution is 9.25. The van der Waals surface area contributed by atoms with Gasteiger partial charge in [-0.25, -0.2) is 0 Å². The molecule has 4 heteroatoms. The molecule has 1 aromatic carbocycles. The highest BCUT2D eigenvalue weighted by atomic mass is 79.9. The molecule has 0 saturated heterocycles. The van der Waals surface area contributed by atoms with Gasteiger partial charge in [0.05, 0.1) is 12.7 Å². The summed E-state index contributed by atoms with van der Waals surface area (Å²) in [5.41, 5.74) is 4.08. The van der Waals surface area contributed by atoms with Crippen LogP contribution in [0, 0.1) is 0 Å². The number of halogens is 2. The Morgan fingerprint density at radius 3 is 2.65 bits per heavy atom. The third-order valence-electron chi connectivity index (χ3n) is 4.12. The minimum Gasteiger partial charge on any atom is -0.346 e. The summed E-state index contributed by atoms with van der Waals surface area (Å²) in [6.45, 7) is 5.99. The van der Waals surface area contributed by atoms with Crippen LogP contribution in [-0.2, 0) is 9.47 Å². The van der Waals surface area contributed by atoms with Gasteiger partial charge in [-0.1, -0.05) is 81.6 Å². The number of hydrogen-bond donors (Lipinski definition) is 0. The summed E-state index contributed by atoms with van der Waals surface area (Å²) in [6.07, 6.45) is 6.22. The summed E-state index contributed by atoms with van der Waals surface area (Å²) in [7, 11) is 0. The van der Waals surface area contributed by atoms with Crippen molar-refractivity contribution < 1.29 is 9.47 Å². The first-order valence-electron chi connectivity index (χ1n) is 8.06. The van der Waals surface area contributed by atoms with Gasteiger partial charge in [0.25, 0.3) is 0 Å². The smallest absolute Gasteiger partial charge is 0.183 e. The zero-order chi connectivity index (χ0) is 16.7. The SMILES string of the molecule is C=C=CCO[C@@H](O[C@@H]1CCCC[C@H]1c1ccccc1)C(C)(Br)Br. The molecule has 1 saturated carbocycles. The van der Waals surface area contributed by atoms with Gasteiger partial charge in [-0.2, -0.15) is 0 Å². The van der Waals surface area contributed by atoms with Crippen LogP contribution in [0.5, 0.6) is 0 Å². The number of alkyl halides is 2. The lowest BCUT2D eigenvalue weighted by atomic mass is 9.81. The molecule has 126 valence electrons. The number of benzene rings is 1. The lowest BCUT2D eigenvalue weighted by molar-refractivity contribution is -0.176. The van der Waals surface area contributed by atoms with Crippen molar-refractivity contribution in [3.63, 3.8) is 0 Å². The first kappa shape index (κ1) is 19.0. The van der Waals surface area contributed by atoms with Crippen molar-refractivity contribution in [3.8, 4) is 0 Å². The summed E-state index contributed by atoms with van der Waals surface area (Å²) in [6, 6.07) is 10.7. The van der Waals surface area contributed by atoms with Gasteiger partial charge in [0.1, 0.15) is 3.23 Å². The molecule has 3 atom stereocenters. The van der Waals surface area contributed by atoms with E-state index in [-0.39, 0.29) is 12.4 Å². The zero-order valence-corrected chi connectivity index (χ0v) is 16.7. The van der Waals surface area contributed by atoms with Gasteiger partial charge < -0.3 is 9.47 Å². The molecule has 0 radical (unpaired) electrons. The van der Waals surface area contributed by atoms with E-state index in [1.165, 1.54) is 18.4 Å². The lowest BCUT2D eigenvalue weighted by Crippen LogP contribution is -2.39. The van der Waals surface area contributed by atoms with E-state index in [1.54, 1.807) is 6.08 Å². The molecule has 23 heavy (non-hydrogen) atoms. The third kappa shape index (κ3) is 5.88. The van der Waals surface area contributed by atoms with Crippen molar-refractivity contribution in [1.29, 1.82) is 0 Å². The molecular weight excluding hydrogens is 420 g/mol. The highest BCUT2D eigenvalue weighted by Crippen LogP contribution is 2.39. The van der Waals surface area contributed by atoms with Gasteiger partial charge in [0.15, 0.2) is 6.29 Å². The molecule has 1 fully saturated rings. The van der Waals surface area contributed by atoms with Gasteiger partial charge in [0.2, 0.25) is 0 Å². The van der Waals surface area contributed by atoms with Crippen molar-refractivity contribution >= 4 is 31.9 Å². The van der Waals surface area contributed by atoms with Crippen LogP contribution in [0.2, 0.25) is 0 Å². The Balaban J connectivity index is 2.10. The van der Waals surface area contributed by atoms with Crippen molar-refractivity contribution in [1.82, 2.24) is 0 Å². The Bertz CT molecular complexity index is 518. The Labute approximate surface area is 156 Å². The maximum atomic E-state index is 6.39. The van der Waals surface area contributed by atoms with E-state index >= 15 is 0 Å². The second-order valence-electron chi connectivity index (χ2n) is 6.01. The molecule has 2 nitrogen and oxygen atoms in total. The molecule has 0 aliphatic heterocycles. The van der Waals surface area contributed by atoms with Gasteiger partial charge >= 0.3 is 0 Å². The van der Waals surface area contributed by atoms with Crippen molar-refractivity contribution in [3.05, 3.63) is 54.3 Å². The fraction of sp³-hybridized carbons (Fsp3) is 0.526. The van der Waals surface area contributed by atoms with Crippen LogP contribution >= 0.6 is 31.9 Å². The van der Waals surface area contributed by atoms with Crippen LogP contribution in [0.4, 0.5) is 0 Å². The summed E-state index contributed by atoms with van der Waals surface area (Å²) in [4.78, 5) is 0. The van der Waals surface area contributed by atoms with E-state index < -0.39 is 3.23 Å². The average molecular weight is 444 g/mol. The molecule has 2 rings (SSSR count). The molecule has 0 bridgehead atoms. The van der Waals surface area contributed by atoms with Gasteiger partial charge in [-0.15, -0.1) is 5.73 Å². The van der Waals surface area contributed by atoms with E-state index in [0.29, 0.717) is 12.5 Å². The van der Waals surface area contributed by atoms with Gasteiger partial charge in [-0.3, -0.25) is 0 Å². The Kier molecular flexibility index (Phi) is 7.58. The molecule has 1 aromatic rings. The fourth-order valence-electron chi connectivity index (χ4n) is 3.00. The van der Waals surface area contributed by atoms with E-state index in [4.69, 9.17) is 9.47 Å². The van der Waals surface area contributed by atoms with Crippen LogP contribution in [0.3, 0.4) is 0 Å². The molecule has 1 aliphatic carbocycles. The van der Waals surface area contributed by atoms with Crippen LogP contribution in [0.25, 0.3) is 0 Å². The maximum Gasteiger partial charge on any atom is 0.183 e. The lowest BCUT2D eigenvalue weighted by Gasteiger charge is -2.37. The number of hydrogen-bond acceptors (Lipinski definition) is 2. The number of rotatable bonds is 7. The van der Waals surface area contributed by atoms with Crippen LogP contribution in [0.15, 0.2) is 48.7 Å². The molecule has 0 N–H and O–H groups in total.